The highest BCUT2D eigenvalue weighted by Gasteiger charge is 2.12. The van der Waals surface area contributed by atoms with E-state index in [1.807, 2.05) is 12.3 Å². The smallest absolute Gasteiger partial charge is 0.271 e. The highest BCUT2D eigenvalue weighted by Crippen LogP contribution is 2.20. The highest BCUT2D eigenvalue weighted by atomic mass is 32.1. The molecule has 0 fully saturated rings. The molecule has 0 aliphatic carbocycles. The Morgan fingerprint density at radius 2 is 2.25 bits per heavy atom. The Labute approximate surface area is 125 Å². The third-order valence-corrected chi connectivity index (χ3v) is 4.59. The standard InChI is InChI=1S/C12H16N4O2S2/c1-7(18-2)12-15-8(5-20-12)4-14-11(17)9-6-19-10(3-13)16-9/h5-7H,3-4,13H2,1-2H3,(H,14,17). The molecule has 3 N–H and O–H groups in total. The Bertz CT molecular complexity index is 582. The predicted octanol–water partition coefficient (Wildman–Crippen LogP) is 1.70. The molecule has 2 aromatic heterocycles. The molecule has 2 aromatic rings. The SMILES string of the molecule is COC(C)c1nc(CNC(=O)c2csc(CN)n2)cs1. The Kier molecular flexibility index (Phi) is 5.18. The number of amides is 1. The van der Waals surface area contributed by atoms with Crippen molar-refractivity contribution in [2.24, 2.45) is 5.73 Å². The number of nitrogens with zero attached hydrogens (tertiary/aromatic N) is 2. The maximum atomic E-state index is 11.9. The second-order valence-electron chi connectivity index (χ2n) is 4.07. The van der Waals surface area contributed by atoms with Crippen LogP contribution in [0.5, 0.6) is 0 Å². The summed E-state index contributed by atoms with van der Waals surface area (Å²) in [6.45, 7) is 2.66. The minimum Gasteiger partial charge on any atom is -0.375 e. The molecule has 2 heterocycles. The summed E-state index contributed by atoms with van der Waals surface area (Å²) in [5.41, 5.74) is 6.68. The molecule has 0 aliphatic rings. The Balaban J connectivity index is 1.91. The Morgan fingerprint density at radius 3 is 2.90 bits per heavy atom. The van der Waals surface area contributed by atoms with Crippen molar-refractivity contribution >= 4 is 28.6 Å². The van der Waals surface area contributed by atoms with Crippen molar-refractivity contribution < 1.29 is 9.53 Å². The summed E-state index contributed by atoms with van der Waals surface area (Å²) in [7, 11) is 1.64. The van der Waals surface area contributed by atoms with Gasteiger partial charge in [-0.2, -0.15) is 0 Å². The van der Waals surface area contributed by atoms with E-state index in [9.17, 15) is 4.79 Å². The Morgan fingerprint density at radius 1 is 1.45 bits per heavy atom. The van der Waals surface area contributed by atoms with Gasteiger partial charge in [-0.15, -0.1) is 22.7 Å². The average molecular weight is 312 g/mol. The van der Waals surface area contributed by atoms with Crippen molar-refractivity contribution in [3.8, 4) is 0 Å². The quantitative estimate of drug-likeness (QED) is 0.847. The molecule has 20 heavy (non-hydrogen) atoms. The van der Waals surface area contributed by atoms with Crippen LogP contribution in [0, 0.1) is 0 Å². The fourth-order valence-electron chi connectivity index (χ4n) is 1.46. The molecule has 0 aliphatic heterocycles. The third kappa shape index (κ3) is 3.60. The van der Waals surface area contributed by atoms with E-state index < -0.39 is 0 Å². The van der Waals surface area contributed by atoms with Gasteiger partial charge in [0.25, 0.3) is 5.91 Å². The molecule has 0 bridgehead atoms. The van der Waals surface area contributed by atoms with Gasteiger partial charge in [0, 0.05) is 24.4 Å². The van der Waals surface area contributed by atoms with Crippen molar-refractivity contribution in [3.63, 3.8) is 0 Å². The number of nitrogens with two attached hydrogens (primary N) is 1. The molecule has 0 saturated carbocycles. The van der Waals surface area contributed by atoms with E-state index in [0.29, 0.717) is 18.8 Å². The normalized spacial score (nSPS) is 12.3. The van der Waals surface area contributed by atoms with E-state index in [-0.39, 0.29) is 12.0 Å². The summed E-state index contributed by atoms with van der Waals surface area (Å²) >= 11 is 2.90. The second kappa shape index (κ2) is 6.89. The molecule has 2 rings (SSSR count). The van der Waals surface area contributed by atoms with Gasteiger partial charge >= 0.3 is 0 Å². The molecule has 0 aromatic carbocycles. The summed E-state index contributed by atoms with van der Waals surface area (Å²) in [5, 5.41) is 8.06. The molecule has 0 spiro atoms. The van der Waals surface area contributed by atoms with Gasteiger partial charge in [0.15, 0.2) is 0 Å². The predicted molar refractivity (Wildman–Crippen MR) is 78.7 cm³/mol. The minimum atomic E-state index is -0.213. The summed E-state index contributed by atoms with van der Waals surface area (Å²) < 4.78 is 5.20. The van der Waals surface area contributed by atoms with Gasteiger partial charge in [0.05, 0.1) is 12.2 Å². The van der Waals surface area contributed by atoms with Gasteiger partial charge in [-0.05, 0) is 6.92 Å². The largest absolute Gasteiger partial charge is 0.375 e. The topological polar surface area (TPSA) is 90.1 Å². The van der Waals surface area contributed by atoms with Crippen LogP contribution in [-0.2, 0) is 17.8 Å². The summed E-state index contributed by atoms with van der Waals surface area (Å²) in [5.74, 6) is -0.213. The second-order valence-corrected chi connectivity index (χ2v) is 5.90. The lowest BCUT2D eigenvalue weighted by atomic mass is 10.4. The van der Waals surface area contributed by atoms with Gasteiger partial charge in [0.1, 0.15) is 21.8 Å². The van der Waals surface area contributed by atoms with E-state index >= 15 is 0 Å². The molecule has 1 amide bonds. The van der Waals surface area contributed by atoms with E-state index in [1.165, 1.54) is 22.7 Å². The molecule has 6 nitrogen and oxygen atoms in total. The lowest BCUT2D eigenvalue weighted by molar-refractivity contribution is 0.0946. The fourth-order valence-corrected chi connectivity index (χ4v) is 2.97. The average Bonchev–Trinajstić information content (AvgIpc) is 3.12. The molecule has 8 heteroatoms. The number of hydrogen-bond donors (Lipinski definition) is 2. The number of hydrogen-bond acceptors (Lipinski definition) is 7. The third-order valence-electron chi connectivity index (χ3n) is 2.66. The maximum absolute atomic E-state index is 11.9. The van der Waals surface area contributed by atoms with Crippen LogP contribution in [0.2, 0.25) is 0 Å². The first-order valence-electron chi connectivity index (χ1n) is 6.03. The first kappa shape index (κ1) is 15.0. The first-order chi connectivity index (χ1) is 9.63. The van der Waals surface area contributed by atoms with E-state index in [4.69, 9.17) is 10.5 Å². The van der Waals surface area contributed by atoms with Crippen molar-refractivity contribution in [2.45, 2.75) is 26.1 Å². The summed E-state index contributed by atoms with van der Waals surface area (Å²) in [4.78, 5) is 20.4. The van der Waals surface area contributed by atoms with E-state index in [0.717, 1.165) is 15.7 Å². The number of nitrogens with one attached hydrogen (secondary N) is 1. The molecular weight excluding hydrogens is 296 g/mol. The van der Waals surface area contributed by atoms with Crippen LogP contribution in [0.3, 0.4) is 0 Å². The zero-order valence-electron chi connectivity index (χ0n) is 11.3. The van der Waals surface area contributed by atoms with Gasteiger partial charge in [-0.25, -0.2) is 9.97 Å². The lowest BCUT2D eigenvalue weighted by Gasteiger charge is -2.04. The zero-order chi connectivity index (χ0) is 14.5. The molecule has 1 atom stereocenters. The number of rotatable bonds is 6. The van der Waals surface area contributed by atoms with Gasteiger partial charge in [-0.1, -0.05) is 0 Å². The molecule has 108 valence electrons. The molecule has 1 unspecified atom stereocenters. The minimum absolute atomic E-state index is 0.0323. The van der Waals surface area contributed by atoms with Crippen LogP contribution < -0.4 is 11.1 Å². The van der Waals surface area contributed by atoms with Crippen molar-refractivity contribution in [1.29, 1.82) is 0 Å². The number of aromatic nitrogens is 2. The Hall–Kier alpha value is -1.35. The van der Waals surface area contributed by atoms with Crippen LogP contribution in [0.4, 0.5) is 0 Å². The molecule has 0 radical (unpaired) electrons. The number of thiazole rings is 2. The first-order valence-corrected chi connectivity index (χ1v) is 7.79. The van der Waals surface area contributed by atoms with Crippen LogP contribution in [0.1, 0.15) is 39.2 Å². The van der Waals surface area contributed by atoms with Gasteiger partial charge in [0.2, 0.25) is 0 Å². The number of carbonyl (C=O) groups is 1. The monoisotopic (exact) mass is 312 g/mol. The molecule has 0 saturated heterocycles. The van der Waals surface area contributed by atoms with Crippen LogP contribution in [-0.4, -0.2) is 23.0 Å². The van der Waals surface area contributed by atoms with Crippen LogP contribution in [0.15, 0.2) is 10.8 Å². The van der Waals surface area contributed by atoms with Crippen molar-refractivity contribution in [2.75, 3.05) is 7.11 Å². The number of ether oxygens (including phenoxy) is 1. The highest BCUT2D eigenvalue weighted by molar-refractivity contribution is 7.10. The van der Waals surface area contributed by atoms with Gasteiger partial charge < -0.3 is 15.8 Å². The van der Waals surface area contributed by atoms with E-state index in [2.05, 4.69) is 15.3 Å². The summed E-state index contributed by atoms with van der Waals surface area (Å²) in [6.07, 6.45) is -0.0323. The summed E-state index contributed by atoms with van der Waals surface area (Å²) in [6, 6.07) is 0. The number of methoxy groups -OCH3 is 1. The van der Waals surface area contributed by atoms with Crippen LogP contribution in [0.25, 0.3) is 0 Å². The maximum Gasteiger partial charge on any atom is 0.271 e. The lowest BCUT2D eigenvalue weighted by Crippen LogP contribution is -2.23. The fraction of sp³-hybridized carbons (Fsp3) is 0.417. The van der Waals surface area contributed by atoms with E-state index in [1.54, 1.807) is 12.5 Å². The zero-order valence-corrected chi connectivity index (χ0v) is 12.9. The van der Waals surface area contributed by atoms with Crippen LogP contribution >= 0.6 is 22.7 Å². The molecular formula is C12H16N4O2S2. The van der Waals surface area contributed by atoms with Crippen molar-refractivity contribution in [3.05, 3.63) is 32.2 Å². The number of carbonyl (C=O) groups excluding carboxylic acids is 1. The van der Waals surface area contributed by atoms with Crippen molar-refractivity contribution in [1.82, 2.24) is 15.3 Å². The van der Waals surface area contributed by atoms with Gasteiger partial charge in [-0.3, -0.25) is 4.79 Å².